The quantitative estimate of drug-likeness (QED) is 0.765. The Morgan fingerprint density at radius 1 is 1.19 bits per heavy atom. The molecule has 1 aromatic carbocycles. The number of aryl methyl sites for hydroxylation is 2. The molecule has 0 aliphatic rings. The first-order valence-corrected chi connectivity index (χ1v) is 7.72. The van der Waals surface area contributed by atoms with Gasteiger partial charge >= 0.3 is 0 Å². The van der Waals surface area contributed by atoms with E-state index in [9.17, 15) is 0 Å². The number of aromatic nitrogens is 2. The van der Waals surface area contributed by atoms with Gasteiger partial charge in [-0.15, -0.1) is 21.5 Å². The van der Waals surface area contributed by atoms with Crippen LogP contribution in [0.5, 0.6) is 0 Å². The Bertz CT molecular complexity index is 734. The minimum absolute atomic E-state index is 0.0355. The van der Waals surface area contributed by atoms with Gasteiger partial charge in [0, 0.05) is 5.69 Å². The van der Waals surface area contributed by atoms with Crippen molar-refractivity contribution < 1.29 is 4.42 Å². The molecule has 108 valence electrons. The molecule has 2 aromatic heterocycles. The zero-order valence-electron chi connectivity index (χ0n) is 12.3. The lowest BCUT2D eigenvalue weighted by Gasteiger charge is -2.14. The minimum Gasteiger partial charge on any atom is -0.418 e. The van der Waals surface area contributed by atoms with E-state index >= 15 is 0 Å². The van der Waals surface area contributed by atoms with Crippen molar-refractivity contribution in [2.75, 3.05) is 5.32 Å². The molecule has 0 fully saturated rings. The van der Waals surface area contributed by atoms with E-state index in [0.717, 1.165) is 10.6 Å². The fraction of sp³-hybridized carbons (Fsp3) is 0.250. The van der Waals surface area contributed by atoms with E-state index in [4.69, 9.17) is 4.42 Å². The fourth-order valence-corrected chi connectivity index (χ4v) is 2.74. The molecule has 0 aliphatic heterocycles. The fourth-order valence-electron chi connectivity index (χ4n) is 2.10. The third kappa shape index (κ3) is 2.97. The highest BCUT2D eigenvalue weighted by Gasteiger charge is 2.16. The number of nitrogens with zero attached hydrogens (tertiary/aromatic N) is 2. The predicted octanol–water partition coefficient (Wildman–Crippen LogP) is 4.59. The summed E-state index contributed by atoms with van der Waals surface area (Å²) in [4.78, 5) is 0.993. The maximum absolute atomic E-state index is 5.76. The molecule has 4 nitrogen and oxygen atoms in total. The van der Waals surface area contributed by atoms with Crippen LogP contribution in [0.1, 0.15) is 30.0 Å². The number of benzene rings is 1. The van der Waals surface area contributed by atoms with Crippen LogP contribution in [0.3, 0.4) is 0 Å². The first-order chi connectivity index (χ1) is 10.1. The van der Waals surface area contributed by atoms with E-state index < -0.39 is 0 Å². The van der Waals surface area contributed by atoms with E-state index in [-0.39, 0.29) is 6.04 Å². The standard InChI is InChI=1S/C16H17N3OS/c1-10-6-7-11(2)13(9-10)17-12(3)15-18-19-16(20-15)14-5-4-8-21-14/h4-9,12,17H,1-3H3/t12-/m0/s1. The van der Waals surface area contributed by atoms with Gasteiger partial charge in [-0.1, -0.05) is 18.2 Å². The van der Waals surface area contributed by atoms with Crippen LogP contribution >= 0.6 is 11.3 Å². The van der Waals surface area contributed by atoms with Crippen LogP contribution in [0.4, 0.5) is 5.69 Å². The van der Waals surface area contributed by atoms with Crippen molar-refractivity contribution in [1.29, 1.82) is 0 Å². The minimum atomic E-state index is -0.0355. The van der Waals surface area contributed by atoms with Crippen LogP contribution in [-0.2, 0) is 0 Å². The van der Waals surface area contributed by atoms with Crippen LogP contribution in [0, 0.1) is 13.8 Å². The van der Waals surface area contributed by atoms with E-state index in [1.54, 1.807) is 11.3 Å². The molecule has 0 saturated heterocycles. The van der Waals surface area contributed by atoms with Gasteiger partial charge in [0.05, 0.1) is 4.88 Å². The second kappa shape index (κ2) is 5.69. The van der Waals surface area contributed by atoms with Gasteiger partial charge in [0.15, 0.2) is 0 Å². The first-order valence-electron chi connectivity index (χ1n) is 6.84. The average molecular weight is 299 g/mol. The molecule has 0 bridgehead atoms. The monoisotopic (exact) mass is 299 g/mol. The van der Waals surface area contributed by atoms with Crippen LogP contribution in [0.15, 0.2) is 40.1 Å². The van der Waals surface area contributed by atoms with Crippen LogP contribution in [0.25, 0.3) is 10.8 Å². The summed E-state index contributed by atoms with van der Waals surface area (Å²) in [6, 6.07) is 10.3. The summed E-state index contributed by atoms with van der Waals surface area (Å²) < 4.78 is 5.76. The first kappa shape index (κ1) is 13.8. The van der Waals surface area contributed by atoms with E-state index in [0.29, 0.717) is 11.8 Å². The molecule has 21 heavy (non-hydrogen) atoms. The zero-order chi connectivity index (χ0) is 14.8. The smallest absolute Gasteiger partial charge is 0.257 e. The number of thiophene rings is 1. The van der Waals surface area contributed by atoms with Gasteiger partial charge in [-0.25, -0.2) is 0 Å². The van der Waals surface area contributed by atoms with Crippen molar-refractivity contribution in [2.24, 2.45) is 0 Å². The Balaban J connectivity index is 1.79. The summed E-state index contributed by atoms with van der Waals surface area (Å²) in [7, 11) is 0. The van der Waals surface area contributed by atoms with Gasteiger partial charge in [-0.05, 0) is 49.4 Å². The molecule has 0 unspecified atom stereocenters. The molecule has 3 rings (SSSR count). The van der Waals surface area contributed by atoms with E-state index in [1.807, 2.05) is 24.4 Å². The van der Waals surface area contributed by atoms with Gasteiger partial charge in [-0.2, -0.15) is 0 Å². The summed E-state index contributed by atoms with van der Waals surface area (Å²) in [6.07, 6.45) is 0. The average Bonchev–Trinajstić information content (AvgIpc) is 3.12. The lowest BCUT2D eigenvalue weighted by atomic mass is 10.1. The maximum atomic E-state index is 5.76. The summed E-state index contributed by atoms with van der Waals surface area (Å²) in [5.74, 6) is 1.17. The molecule has 0 spiro atoms. The summed E-state index contributed by atoms with van der Waals surface area (Å²) in [6.45, 7) is 6.18. The molecule has 0 radical (unpaired) electrons. The van der Waals surface area contributed by atoms with E-state index in [1.165, 1.54) is 11.1 Å². The van der Waals surface area contributed by atoms with Crippen molar-refractivity contribution in [3.8, 4) is 10.8 Å². The molecule has 5 heteroatoms. The van der Waals surface area contributed by atoms with Crippen molar-refractivity contribution in [2.45, 2.75) is 26.8 Å². The summed E-state index contributed by atoms with van der Waals surface area (Å²) in [5.41, 5.74) is 3.52. The van der Waals surface area contributed by atoms with Gasteiger partial charge in [0.25, 0.3) is 5.89 Å². The predicted molar refractivity (Wildman–Crippen MR) is 85.6 cm³/mol. The largest absolute Gasteiger partial charge is 0.418 e. The third-order valence-electron chi connectivity index (χ3n) is 3.31. The topological polar surface area (TPSA) is 51.0 Å². The highest BCUT2D eigenvalue weighted by molar-refractivity contribution is 7.13. The number of hydrogen-bond acceptors (Lipinski definition) is 5. The van der Waals surface area contributed by atoms with Crippen molar-refractivity contribution in [3.05, 3.63) is 52.7 Å². The molecule has 1 N–H and O–H groups in total. The molecule has 0 aliphatic carbocycles. The normalized spacial score (nSPS) is 12.3. The molecule has 2 heterocycles. The Kier molecular flexibility index (Phi) is 3.75. The second-order valence-corrected chi connectivity index (χ2v) is 6.05. The summed E-state index contributed by atoms with van der Waals surface area (Å²) >= 11 is 1.59. The highest BCUT2D eigenvalue weighted by Crippen LogP contribution is 2.27. The molecule has 3 aromatic rings. The van der Waals surface area contributed by atoms with Gasteiger partial charge in [-0.3, -0.25) is 0 Å². The lowest BCUT2D eigenvalue weighted by molar-refractivity contribution is 0.486. The number of rotatable bonds is 4. The number of hydrogen-bond donors (Lipinski definition) is 1. The Morgan fingerprint density at radius 3 is 2.81 bits per heavy atom. The Hall–Kier alpha value is -2.14. The van der Waals surface area contributed by atoms with Gasteiger partial charge in [0.2, 0.25) is 5.89 Å². The molecule has 1 atom stereocenters. The highest BCUT2D eigenvalue weighted by atomic mass is 32.1. The van der Waals surface area contributed by atoms with Crippen LogP contribution < -0.4 is 5.32 Å². The molecular weight excluding hydrogens is 282 g/mol. The summed E-state index contributed by atoms with van der Waals surface area (Å²) in [5, 5.41) is 13.7. The van der Waals surface area contributed by atoms with Gasteiger partial charge < -0.3 is 9.73 Å². The number of anilines is 1. The number of nitrogens with one attached hydrogen (secondary N) is 1. The van der Waals surface area contributed by atoms with Gasteiger partial charge in [0.1, 0.15) is 6.04 Å². The zero-order valence-corrected chi connectivity index (χ0v) is 13.1. The van der Waals surface area contributed by atoms with Crippen LogP contribution in [0.2, 0.25) is 0 Å². The van der Waals surface area contributed by atoms with Crippen molar-refractivity contribution >= 4 is 17.0 Å². The SMILES string of the molecule is Cc1ccc(C)c(N[C@@H](C)c2nnc(-c3cccs3)o2)c1. The molecular formula is C16H17N3OS. The van der Waals surface area contributed by atoms with Crippen molar-refractivity contribution in [1.82, 2.24) is 10.2 Å². The maximum Gasteiger partial charge on any atom is 0.257 e. The lowest BCUT2D eigenvalue weighted by Crippen LogP contribution is -2.08. The van der Waals surface area contributed by atoms with E-state index in [2.05, 4.69) is 47.6 Å². The molecule has 0 saturated carbocycles. The van der Waals surface area contributed by atoms with Crippen LogP contribution in [-0.4, -0.2) is 10.2 Å². The second-order valence-electron chi connectivity index (χ2n) is 5.11. The Morgan fingerprint density at radius 2 is 2.05 bits per heavy atom. The molecule has 0 amide bonds. The Labute approximate surface area is 127 Å². The third-order valence-corrected chi connectivity index (χ3v) is 4.17. The van der Waals surface area contributed by atoms with Crippen molar-refractivity contribution in [3.63, 3.8) is 0 Å².